The Hall–Kier alpha value is -1.26. The van der Waals surface area contributed by atoms with Gasteiger partial charge in [0.05, 0.1) is 6.54 Å². The molecular weight excluding hydrogens is 168 g/mol. The normalized spacial score (nSPS) is 15.6. The maximum absolute atomic E-state index is 11.0. The maximum atomic E-state index is 11.0. The number of likely N-dealkylation sites (N-methyl/N-ethyl adjacent to an activating group) is 1. The summed E-state index contributed by atoms with van der Waals surface area (Å²) in [6, 6.07) is 0. The Morgan fingerprint density at radius 3 is 3.15 bits per heavy atom. The van der Waals surface area contributed by atoms with Crippen molar-refractivity contribution >= 4 is 11.9 Å². The largest absolute Gasteiger partial charge is 0.356 e. The number of guanidine groups is 1. The molecule has 0 unspecified atom stereocenters. The monoisotopic (exact) mass is 184 g/mol. The minimum atomic E-state index is -0.00225. The highest BCUT2D eigenvalue weighted by Crippen LogP contribution is 1.86. The van der Waals surface area contributed by atoms with E-state index in [9.17, 15) is 4.79 Å². The number of carbonyl (C=O) groups is 1. The van der Waals surface area contributed by atoms with E-state index in [0.717, 1.165) is 25.5 Å². The molecule has 1 aliphatic heterocycles. The minimum absolute atomic E-state index is 0.00225. The van der Waals surface area contributed by atoms with Gasteiger partial charge in [-0.25, -0.2) is 0 Å². The fraction of sp³-hybridized carbons (Fsp3) is 0.750. The van der Waals surface area contributed by atoms with Crippen molar-refractivity contribution in [2.75, 3.05) is 26.2 Å². The van der Waals surface area contributed by atoms with Crippen LogP contribution in [0.5, 0.6) is 0 Å². The van der Waals surface area contributed by atoms with Crippen LogP contribution in [0.4, 0.5) is 0 Å². The molecule has 0 aromatic rings. The number of carbonyl (C=O) groups excluding carboxylic acids is 1. The van der Waals surface area contributed by atoms with Crippen molar-refractivity contribution in [2.24, 2.45) is 4.99 Å². The molecule has 0 aliphatic carbocycles. The first-order chi connectivity index (χ1) is 6.33. The molecule has 13 heavy (non-hydrogen) atoms. The quantitative estimate of drug-likeness (QED) is 0.530. The Morgan fingerprint density at radius 2 is 2.54 bits per heavy atom. The van der Waals surface area contributed by atoms with Gasteiger partial charge in [0.2, 0.25) is 5.91 Å². The summed E-state index contributed by atoms with van der Waals surface area (Å²) >= 11 is 0. The molecule has 0 saturated heterocycles. The smallest absolute Gasteiger partial charge is 0.239 e. The molecule has 0 saturated carbocycles. The molecule has 5 nitrogen and oxygen atoms in total. The predicted molar refractivity (Wildman–Crippen MR) is 51.6 cm³/mol. The van der Waals surface area contributed by atoms with Crippen molar-refractivity contribution in [3.05, 3.63) is 0 Å². The van der Waals surface area contributed by atoms with Crippen molar-refractivity contribution in [1.29, 1.82) is 0 Å². The van der Waals surface area contributed by atoms with Crippen molar-refractivity contribution in [1.82, 2.24) is 16.0 Å². The van der Waals surface area contributed by atoms with E-state index in [4.69, 9.17) is 0 Å². The Bertz CT molecular complexity index is 202. The van der Waals surface area contributed by atoms with Gasteiger partial charge in [0.25, 0.3) is 0 Å². The number of nitrogens with zero attached hydrogens (tertiary/aromatic N) is 1. The molecule has 3 N–H and O–H groups in total. The summed E-state index contributed by atoms with van der Waals surface area (Å²) in [6.45, 7) is 4.63. The Kier molecular flexibility index (Phi) is 4.08. The maximum Gasteiger partial charge on any atom is 0.239 e. The summed E-state index contributed by atoms with van der Waals surface area (Å²) in [7, 11) is 0. The summed E-state index contributed by atoms with van der Waals surface area (Å²) in [5, 5.41) is 8.71. The van der Waals surface area contributed by atoms with E-state index >= 15 is 0 Å². The molecule has 74 valence electrons. The molecule has 0 aromatic heterocycles. The predicted octanol–water partition coefficient (Wildman–Crippen LogP) is -0.939. The Labute approximate surface area is 78.0 Å². The van der Waals surface area contributed by atoms with E-state index in [0.29, 0.717) is 13.1 Å². The summed E-state index contributed by atoms with van der Waals surface area (Å²) in [5.74, 6) is 0.732. The standard InChI is InChI=1S/C8H16N4O/c1-2-9-7(13)6-12-8-10-4-3-5-11-8/h2-6H2,1H3,(H,9,13)(H2,10,11,12). The van der Waals surface area contributed by atoms with E-state index in [1.807, 2.05) is 6.92 Å². The zero-order valence-electron chi connectivity index (χ0n) is 7.89. The Balaban J connectivity index is 2.17. The van der Waals surface area contributed by atoms with Crippen LogP contribution >= 0.6 is 0 Å². The highest BCUT2D eigenvalue weighted by atomic mass is 16.1. The Morgan fingerprint density at radius 1 is 1.69 bits per heavy atom. The van der Waals surface area contributed by atoms with Crippen molar-refractivity contribution < 1.29 is 4.79 Å². The average molecular weight is 184 g/mol. The average Bonchev–Trinajstić information content (AvgIpc) is 2.17. The summed E-state index contributed by atoms with van der Waals surface area (Å²) < 4.78 is 0. The molecule has 1 heterocycles. The molecule has 0 spiro atoms. The highest BCUT2D eigenvalue weighted by Gasteiger charge is 2.04. The van der Waals surface area contributed by atoms with Gasteiger partial charge in [-0.2, -0.15) is 0 Å². The lowest BCUT2D eigenvalue weighted by atomic mass is 10.4. The molecule has 5 heteroatoms. The number of rotatable bonds is 3. The first-order valence-corrected chi connectivity index (χ1v) is 4.62. The second kappa shape index (κ2) is 5.40. The topological polar surface area (TPSA) is 65.5 Å². The number of amides is 1. The van der Waals surface area contributed by atoms with Gasteiger partial charge >= 0.3 is 0 Å². The van der Waals surface area contributed by atoms with E-state index in [-0.39, 0.29) is 5.91 Å². The van der Waals surface area contributed by atoms with E-state index in [2.05, 4.69) is 20.9 Å². The van der Waals surface area contributed by atoms with Crippen LogP contribution in [0.2, 0.25) is 0 Å². The first kappa shape index (κ1) is 9.83. The molecule has 0 aromatic carbocycles. The van der Waals surface area contributed by atoms with Gasteiger partial charge < -0.3 is 16.0 Å². The fourth-order valence-corrected chi connectivity index (χ4v) is 1.07. The number of nitrogens with one attached hydrogen (secondary N) is 3. The molecule has 0 fully saturated rings. The van der Waals surface area contributed by atoms with Gasteiger partial charge in [0.15, 0.2) is 5.96 Å². The van der Waals surface area contributed by atoms with Crippen LogP contribution in [-0.4, -0.2) is 38.0 Å². The van der Waals surface area contributed by atoms with Crippen molar-refractivity contribution in [3.8, 4) is 0 Å². The number of hydrogen-bond donors (Lipinski definition) is 3. The summed E-state index contributed by atoms with van der Waals surface area (Å²) in [6.07, 6.45) is 1.06. The lowest BCUT2D eigenvalue weighted by molar-refractivity contribution is -0.119. The molecule has 0 atom stereocenters. The summed E-state index contributed by atoms with van der Waals surface area (Å²) in [4.78, 5) is 15.2. The van der Waals surface area contributed by atoms with Crippen LogP contribution in [0.15, 0.2) is 4.99 Å². The van der Waals surface area contributed by atoms with Gasteiger partial charge in [-0.15, -0.1) is 0 Å². The van der Waals surface area contributed by atoms with Crippen LogP contribution < -0.4 is 16.0 Å². The van der Waals surface area contributed by atoms with Gasteiger partial charge in [-0.1, -0.05) is 0 Å². The third-order valence-corrected chi connectivity index (χ3v) is 1.69. The highest BCUT2D eigenvalue weighted by molar-refractivity contribution is 5.86. The van der Waals surface area contributed by atoms with Gasteiger partial charge in [-0.05, 0) is 13.3 Å². The van der Waals surface area contributed by atoms with Gasteiger partial charge in [-0.3, -0.25) is 9.79 Å². The molecular formula is C8H16N4O. The van der Waals surface area contributed by atoms with E-state index < -0.39 is 0 Å². The molecule has 0 bridgehead atoms. The zero-order valence-corrected chi connectivity index (χ0v) is 7.89. The molecule has 1 aliphatic rings. The summed E-state index contributed by atoms with van der Waals surface area (Å²) in [5.41, 5.74) is 0. The second-order valence-corrected chi connectivity index (χ2v) is 2.82. The van der Waals surface area contributed by atoms with Crippen LogP contribution in [0.25, 0.3) is 0 Å². The third-order valence-electron chi connectivity index (χ3n) is 1.69. The van der Waals surface area contributed by atoms with Crippen molar-refractivity contribution in [2.45, 2.75) is 13.3 Å². The third kappa shape index (κ3) is 3.78. The second-order valence-electron chi connectivity index (χ2n) is 2.82. The SMILES string of the molecule is CCNC(=O)CNC1=NCCCN1. The number of aliphatic imine (C=N–C) groups is 1. The lowest BCUT2D eigenvalue weighted by Crippen LogP contribution is -2.45. The van der Waals surface area contributed by atoms with Crippen LogP contribution in [0, 0.1) is 0 Å². The van der Waals surface area contributed by atoms with Crippen LogP contribution in [0.1, 0.15) is 13.3 Å². The lowest BCUT2D eigenvalue weighted by Gasteiger charge is -2.15. The van der Waals surface area contributed by atoms with Gasteiger partial charge in [0, 0.05) is 19.6 Å². The zero-order chi connectivity index (χ0) is 9.52. The van der Waals surface area contributed by atoms with Crippen LogP contribution in [-0.2, 0) is 4.79 Å². The molecule has 1 rings (SSSR count). The minimum Gasteiger partial charge on any atom is -0.356 e. The van der Waals surface area contributed by atoms with E-state index in [1.165, 1.54) is 0 Å². The molecule has 0 radical (unpaired) electrons. The molecule has 1 amide bonds. The van der Waals surface area contributed by atoms with Gasteiger partial charge in [0.1, 0.15) is 0 Å². The first-order valence-electron chi connectivity index (χ1n) is 4.62. The van der Waals surface area contributed by atoms with E-state index in [1.54, 1.807) is 0 Å². The number of hydrogen-bond acceptors (Lipinski definition) is 4. The van der Waals surface area contributed by atoms with Crippen LogP contribution in [0.3, 0.4) is 0 Å². The fourth-order valence-electron chi connectivity index (χ4n) is 1.07. The van der Waals surface area contributed by atoms with Crippen molar-refractivity contribution in [3.63, 3.8) is 0 Å².